The molecular weight excluding hydrogens is 375 g/mol. The lowest BCUT2D eigenvalue weighted by molar-refractivity contribution is -0.134. The Kier molecular flexibility index (Phi) is 8.56. The van der Waals surface area contributed by atoms with E-state index in [1.165, 1.54) is 0 Å². The summed E-state index contributed by atoms with van der Waals surface area (Å²) in [7, 11) is 0. The van der Waals surface area contributed by atoms with E-state index in [9.17, 15) is 4.79 Å². The fourth-order valence-electron chi connectivity index (χ4n) is 2.96. The van der Waals surface area contributed by atoms with Crippen LogP contribution in [-0.2, 0) is 11.3 Å². The molecule has 1 aliphatic rings. The third kappa shape index (κ3) is 5.45. The van der Waals surface area contributed by atoms with Gasteiger partial charge in [-0.15, -0.1) is 24.8 Å². The molecule has 1 fully saturated rings. The molecule has 1 unspecified atom stereocenters. The van der Waals surface area contributed by atoms with Crippen molar-refractivity contribution in [3.63, 3.8) is 0 Å². The number of hydrogen-bond donors (Lipinski definition) is 1. The minimum atomic E-state index is -0.588. The molecule has 26 heavy (non-hydrogen) atoms. The largest absolute Gasteiger partial charge is 0.361 e. The summed E-state index contributed by atoms with van der Waals surface area (Å²) in [6, 6.07) is 9.20. The first kappa shape index (κ1) is 22.4. The molecule has 144 valence electrons. The van der Waals surface area contributed by atoms with Crippen molar-refractivity contribution in [1.82, 2.24) is 15.0 Å². The van der Waals surface area contributed by atoms with Gasteiger partial charge in [0, 0.05) is 38.8 Å². The Bertz CT molecular complexity index is 697. The molecule has 0 radical (unpaired) electrons. The summed E-state index contributed by atoms with van der Waals surface area (Å²) in [6.07, 6.45) is 0. The van der Waals surface area contributed by atoms with Gasteiger partial charge in [0.2, 0.25) is 5.91 Å². The fraction of sp³-hybridized carbons (Fsp3) is 0.444. The van der Waals surface area contributed by atoms with Crippen LogP contribution in [0.3, 0.4) is 0 Å². The maximum Gasteiger partial charge on any atom is 0.244 e. The van der Waals surface area contributed by atoms with Gasteiger partial charge < -0.3 is 15.2 Å². The summed E-state index contributed by atoms with van der Waals surface area (Å²) in [5, 5.41) is 4.02. The number of piperazine rings is 1. The molecule has 0 saturated carbocycles. The Morgan fingerprint density at radius 3 is 2.31 bits per heavy atom. The van der Waals surface area contributed by atoms with Gasteiger partial charge in [0.05, 0.1) is 5.69 Å². The number of benzene rings is 1. The van der Waals surface area contributed by atoms with Crippen molar-refractivity contribution in [2.24, 2.45) is 5.73 Å². The zero-order valence-electron chi connectivity index (χ0n) is 15.1. The molecule has 0 aliphatic carbocycles. The van der Waals surface area contributed by atoms with Gasteiger partial charge in [0.1, 0.15) is 11.8 Å². The molecule has 1 atom stereocenters. The highest BCUT2D eigenvalue weighted by atomic mass is 35.5. The molecule has 2 aromatic rings. The van der Waals surface area contributed by atoms with Gasteiger partial charge in [-0.2, -0.15) is 0 Å². The maximum absolute atomic E-state index is 12.6. The maximum atomic E-state index is 12.6. The zero-order valence-corrected chi connectivity index (χ0v) is 16.7. The average Bonchev–Trinajstić information content (AvgIpc) is 3.00. The predicted molar refractivity (Wildman–Crippen MR) is 106 cm³/mol. The number of aromatic nitrogens is 1. The molecule has 0 bridgehead atoms. The number of halogens is 2. The molecule has 6 nitrogen and oxygen atoms in total. The van der Waals surface area contributed by atoms with Crippen molar-refractivity contribution in [3.8, 4) is 0 Å². The lowest BCUT2D eigenvalue weighted by atomic mass is 10.0. The van der Waals surface area contributed by atoms with Gasteiger partial charge in [-0.25, -0.2) is 0 Å². The highest BCUT2D eigenvalue weighted by molar-refractivity contribution is 5.85. The number of carbonyl (C=O) groups excluding carboxylic acids is 1. The normalized spacial score (nSPS) is 15.7. The van der Waals surface area contributed by atoms with E-state index in [1.54, 1.807) is 0 Å². The Morgan fingerprint density at radius 2 is 1.77 bits per heavy atom. The average molecular weight is 401 g/mol. The number of rotatable bonds is 4. The summed E-state index contributed by atoms with van der Waals surface area (Å²) in [5.41, 5.74) is 9.12. The summed E-state index contributed by atoms with van der Waals surface area (Å²) in [4.78, 5) is 16.7. The van der Waals surface area contributed by atoms with E-state index < -0.39 is 6.04 Å². The Hall–Kier alpha value is -1.60. The molecule has 1 aromatic heterocycles. The molecule has 0 spiro atoms. The topological polar surface area (TPSA) is 75.6 Å². The van der Waals surface area contributed by atoms with Crippen LogP contribution in [0.4, 0.5) is 0 Å². The Morgan fingerprint density at radius 1 is 1.15 bits per heavy atom. The second-order valence-corrected chi connectivity index (χ2v) is 6.42. The third-order valence-electron chi connectivity index (χ3n) is 4.45. The summed E-state index contributed by atoms with van der Waals surface area (Å²) in [5.74, 6) is 0.818. The van der Waals surface area contributed by atoms with Crippen molar-refractivity contribution >= 4 is 30.7 Å². The van der Waals surface area contributed by atoms with E-state index in [0.29, 0.717) is 13.1 Å². The molecule has 1 aliphatic heterocycles. The van der Waals surface area contributed by atoms with Gasteiger partial charge in [-0.3, -0.25) is 9.69 Å². The quantitative estimate of drug-likeness (QED) is 0.852. The number of carbonyl (C=O) groups is 1. The van der Waals surface area contributed by atoms with E-state index in [-0.39, 0.29) is 30.7 Å². The molecule has 2 N–H and O–H groups in total. The first-order valence-corrected chi connectivity index (χ1v) is 8.28. The number of aryl methyl sites for hydroxylation is 2. The SMILES string of the molecule is Cc1ccc(C(N)C(=O)N2CCN(Cc3cc(C)on3)CC2)cc1.Cl.Cl. The van der Waals surface area contributed by atoms with Crippen LogP contribution in [0.5, 0.6) is 0 Å². The van der Waals surface area contributed by atoms with Gasteiger partial charge in [0.25, 0.3) is 0 Å². The van der Waals surface area contributed by atoms with Crippen LogP contribution in [0.2, 0.25) is 0 Å². The lowest BCUT2D eigenvalue weighted by Gasteiger charge is -2.35. The number of nitrogens with zero attached hydrogens (tertiary/aromatic N) is 3. The second-order valence-electron chi connectivity index (χ2n) is 6.42. The fourth-order valence-corrected chi connectivity index (χ4v) is 2.96. The smallest absolute Gasteiger partial charge is 0.244 e. The van der Waals surface area contributed by atoms with E-state index in [4.69, 9.17) is 10.3 Å². The molecular formula is C18H26Cl2N4O2. The summed E-state index contributed by atoms with van der Waals surface area (Å²) < 4.78 is 5.10. The lowest BCUT2D eigenvalue weighted by Crippen LogP contribution is -2.50. The van der Waals surface area contributed by atoms with Gasteiger partial charge in [-0.1, -0.05) is 35.0 Å². The van der Waals surface area contributed by atoms with Crippen molar-refractivity contribution in [2.75, 3.05) is 26.2 Å². The summed E-state index contributed by atoms with van der Waals surface area (Å²) >= 11 is 0. The van der Waals surface area contributed by atoms with Crippen LogP contribution >= 0.6 is 24.8 Å². The van der Waals surface area contributed by atoms with Crippen molar-refractivity contribution in [1.29, 1.82) is 0 Å². The highest BCUT2D eigenvalue weighted by Gasteiger charge is 2.26. The zero-order chi connectivity index (χ0) is 17.1. The van der Waals surface area contributed by atoms with Crippen molar-refractivity contribution in [2.45, 2.75) is 26.4 Å². The first-order chi connectivity index (χ1) is 11.5. The Balaban J connectivity index is 0.00000169. The van der Waals surface area contributed by atoms with Gasteiger partial charge >= 0.3 is 0 Å². The summed E-state index contributed by atoms with van der Waals surface area (Å²) in [6.45, 7) is 7.68. The van der Waals surface area contributed by atoms with Crippen LogP contribution in [0.25, 0.3) is 0 Å². The van der Waals surface area contributed by atoms with Crippen LogP contribution in [0, 0.1) is 13.8 Å². The molecule has 1 aromatic carbocycles. The predicted octanol–water partition coefficient (Wildman–Crippen LogP) is 2.48. The van der Waals surface area contributed by atoms with Crippen LogP contribution in [0.15, 0.2) is 34.9 Å². The number of amides is 1. The molecule has 2 heterocycles. The second kappa shape index (κ2) is 9.92. The van der Waals surface area contributed by atoms with E-state index in [0.717, 1.165) is 42.2 Å². The van der Waals surface area contributed by atoms with Crippen LogP contribution in [0.1, 0.15) is 28.6 Å². The first-order valence-electron chi connectivity index (χ1n) is 8.28. The highest BCUT2D eigenvalue weighted by Crippen LogP contribution is 2.16. The van der Waals surface area contributed by atoms with Gasteiger partial charge in [-0.05, 0) is 19.4 Å². The monoisotopic (exact) mass is 400 g/mol. The van der Waals surface area contributed by atoms with Crippen molar-refractivity contribution in [3.05, 3.63) is 52.9 Å². The minimum Gasteiger partial charge on any atom is -0.361 e. The minimum absolute atomic E-state index is 0. The third-order valence-corrected chi connectivity index (χ3v) is 4.45. The number of hydrogen-bond acceptors (Lipinski definition) is 5. The van der Waals surface area contributed by atoms with E-state index in [1.807, 2.05) is 49.1 Å². The Labute approximate surface area is 166 Å². The van der Waals surface area contributed by atoms with E-state index >= 15 is 0 Å². The molecule has 1 saturated heterocycles. The molecule has 1 amide bonds. The van der Waals surface area contributed by atoms with Crippen LogP contribution in [-0.4, -0.2) is 47.0 Å². The van der Waals surface area contributed by atoms with Crippen molar-refractivity contribution < 1.29 is 9.32 Å². The van der Waals surface area contributed by atoms with Crippen LogP contribution < -0.4 is 5.73 Å². The van der Waals surface area contributed by atoms with E-state index in [2.05, 4.69) is 10.1 Å². The number of nitrogens with two attached hydrogens (primary N) is 1. The molecule has 8 heteroatoms. The van der Waals surface area contributed by atoms with Gasteiger partial charge in [0.15, 0.2) is 0 Å². The standard InChI is InChI=1S/C18H24N4O2.2ClH/c1-13-3-5-15(6-4-13)17(19)18(23)22-9-7-21(8-10-22)12-16-11-14(2)24-20-16;;/h3-6,11,17H,7-10,12,19H2,1-2H3;2*1H. The molecule has 3 rings (SSSR count).